The number of nitrogens with one attached hydrogen (secondary N) is 3. The summed E-state index contributed by atoms with van der Waals surface area (Å²) in [5.41, 5.74) is 11.4. The number of benzene rings is 3. The second-order valence-corrected chi connectivity index (χ2v) is 8.31. The molecule has 37 heavy (non-hydrogen) atoms. The minimum absolute atomic E-state index is 0.0797. The minimum Gasteiger partial charge on any atom is -0.480 e. The highest BCUT2D eigenvalue weighted by Crippen LogP contribution is 2.30. The van der Waals surface area contributed by atoms with E-state index in [4.69, 9.17) is 25.5 Å². The number of aliphatic carboxylic acids is 1. The maximum Gasteiger partial charge on any atom is 0.329 e. The summed E-state index contributed by atoms with van der Waals surface area (Å²) in [5.74, 6) is -1.31. The van der Waals surface area contributed by atoms with Gasteiger partial charge in [0.05, 0.1) is 19.8 Å². The van der Waals surface area contributed by atoms with Crippen molar-refractivity contribution in [3.63, 3.8) is 0 Å². The zero-order valence-corrected chi connectivity index (χ0v) is 20.1. The monoisotopic (exact) mass is 501 g/mol. The van der Waals surface area contributed by atoms with Gasteiger partial charge in [-0.3, -0.25) is 10.2 Å². The Morgan fingerprint density at radius 3 is 2.35 bits per heavy atom. The number of para-hydroxylation sites is 1. The number of hydrogen-bond donors (Lipinski definition) is 4. The quantitative estimate of drug-likeness (QED) is 0.1000. The van der Waals surface area contributed by atoms with Crippen LogP contribution < -0.4 is 5.32 Å². The molecule has 1 aromatic heterocycles. The maximum atomic E-state index is 12.4. The van der Waals surface area contributed by atoms with Gasteiger partial charge in [0.25, 0.3) is 5.91 Å². The molecular formula is C27H27N5O5. The van der Waals surface area contributed by atoms with Crippen LogP contribution in [0.3, 0.4) is 0 Å². The van der Waals surface area contributed by atoms with Gasteiger partial charge in [-0.15, -0.1) is 5.11 Å². The lowest BCUT2D eigenvalue weighted by Crippen LogP contribution is -2.27. The van der Waals surface area contributed by atoms with E-state index in [0.29, 0.717) is 30.8 Å². The van der Waals surface area contributed by atoms with Crippen molar-refractivity contribution in [3.05, 3.63) is 83.4 Å². The average Bonchev–Trinajstić information content (AvgIpc) is 3.22. The maximum absolute atomic E-state index is 12.4. The van der Waals surface area contributed by atoms with Gasteiger partial charge in [-0.2, -0.15) is 0 Å². The number of carboxylic acid groups (broad SMARTS) is 1. The fraction of sp³-hybridized carbons (Fsp3) is 0.222. The van der Waals surface area contributed by atoms with Crippen molar-refractivity contribution < 1.29 is 24.2 Å². The molecule has 0 bridgehead atoms. The zero-order chi connectivity index (χ0) is 26.2. The van der Waals surface area contributed by atoms with Gasteiger partial charge in [-0.05, 0) is 42.0 Å². The first-order valence-electron chi connectivity index (χ1n) is 11.7. The fourth-order valence-electron chi connectivity index (χ4n) is 4.10. The molecule has 0 aliphatic heterocycles. The Morgan fingerprint density at radius 1 is 0.892 bits per heavy atom. The molecule has 10 heteroatoms. The van der Waals surface area contributed by atoms with Gasteiger partial charge in [0.15, 0.2) is 5.84 Å². The second-order valence-electron chi connectivity index (χ2n) is 8.31. The highest BCUT2D eigenvalue weighted by atomic mass is 16.5. The molecule has 0 aliphatic carbocycles. The van der Waals surface area contributed by atoms with Crippen molar-refractivity contribution in [3.8, 4) is 0 Å². The molecular weight excluding hydrogens is 474 g/mol. The summed E-state index contributed by atoms with van der Waals surface area (Å²) >= 11 is 0. The topological polar surface area (TPSA) is 150 Å². The summed E-state index contributed by atoms with van der Waals surface area (Å²) in [5, 5.41) is 24.5. The highest BCUT2D eigenvalue weighted by Gasteiger charge is 2.13. The number of carboxylic acids is 1. The van der Waals surface area contributed by atoms with Gasteiger partial charge < -0.3 is 24.5 Å². The molecule has 10 nitrogen and oxygen atoms in total. The molecule has 0 unspecified atom stereocenters. The zero-order valence-electron chi connectivity index (χ0n) is 20.1. The van der Waals surface area contributed by atoms with E-state index in [0.717, 1.165) is 27.4 Å². The first-order chi connectivity index (χ1) is 18.0. The number of fused-ring (bicyclic) bond motifs is 3. The number of amides is 1. The van der Waals surface area contributed by atoms with E-state index in [1.54, 1.807) is 18.2 Å². The van der Waals surface area contributed by atoms with Gasteiger partial charge in [-0.1, -0.05) is 30.3 Å². The lowest BCUT2D eigenvalue weighted by Gasteiger charge is -2.10. The Morgan fingerprint density at radius 2 is 1.59 bits per heavy atom. The Bertz CT molecular complexity index is 1450. The van der Waals surface area contributed by atoms with Crippen molar-refractivity contribution in [2.75, 3.05) is 33.0 Å². The lowest BCUT2D eigenvalue weighted by molar-refractivity contribution is -0.142. The molecule has 190 valence electrons. The summed E-state index contributed by atoms with van der Waals surface area (Å²) in [6, 6.07) is 21.1. The van der Waals surface area contributed by atoms with Crippen LogP contribution in [0, 0.1) is 10.9 Å². The van der Waals surface area contributed by atoms with Crippen LogP contribution in [0.15, 0.2) is 71.8 Å². The Hall–Kier alpha value is -4.41. The van der Waals surface area contributed by atoms with Crippen molar-refractivity contribution >= 4 is 39.5 Å². The summed E-state index contributed by atoms with van der Waals surface area (Å²) in [4.78, 5) is 22.8. The van der Waals surface area contributed by atoms with E-state index in [1.807, 2.05) is 42.5 Å². The number of rotatable bonds is 12. The molecule has 0 radical (unpaired) electrons. The normalized spacial score (nSPS) is 11.0. The third-order valence-electron chi connectivity index (χ3n) is 5.84. The number of carbonyl (C=O) groups excluding carboxylic acids is 1. The van der Waals surface area contributed by atoms with Crippen molar-refractivity contribution in [2.45, 2.75) is 6.54 Å². The van der Waals surface area contributed by atoms with E-state index >= 15 is 0 Å². The molecule has 4 aromatic rings. The van der Waals surface area contributed by atoms with Crippen LogP contribution >= 0.6 is 0 Å². The van der Waals surface area contributed by atoms with Crippen molar-refractivity contribution in [2.24, 2.45) is 5.11 Å². The molecule has 0 spiro atoms. The van der Waals surface area contributed by atoms with E-state index in [9.17, 15) is 9.59 Å². The highest BCUT2D eigenvalue weighted by molar-refractivity contribution is 6.11. The molecule has 0 aliphatic rings. The molecule has 1 heterocycles. The summed E-state index contributed by atoms with van der Waals surface area (Å²) < 4.78 is 12.4. The van der Waals surface area contributed by atoms with Crippen LogP contribution in [-0.4, -0.2) is 60.4 Å². The van der Waals surface area contributed by atoms with Crippen molar-refractivity contribution in [1.82, 2.24) is 9.88 Å². The summed E-state index contributed by atoms with van der Waals surface area (Å²) in [6.45, 7) is 1.30. The minimum atomic E-state index is -1.03. The van der Waals surface area contributed by atoms with Crippen LogP contribution in [0.25, 0.3) is 21.8 Å². The van der Waals surface area contributed by atoms with Crippen LogP contribution in [0.2, 0.25) is 0 Å². The number of amidine groups is 1. The number of hydrogen-bond acceptors (Lipinski definition) is 6. The first-order valence-corrected chi connectivity index (χ1v) is 11.7. The van der Waals surface area contributed by atoms with Gasteiger partial charge >= 0.3 is 5.97 Å². The molecule has 1 amide bonds. The molecule has 3 aromatic carbocycles. The second kappa shape index (κ2) is 12.0. The molecule has 0 saturated heterocycles. The Labute approximate surface area is 212 Å². The number of aromatic nitrogens is 1. The van der Waals surface area contributed by atoms with Crippen LogP contribution in [0.5, 0.6) is 0 Å². The van der Waals surface area contributed by atoms with Crippen molar-refractivity contribution in [1.29, 1.82) is 10.9 Å². The fourth-order valence-corrected chi connectivity index (χ4v) is 4.10. The standard InChI is InChI=1S/C27H27N5O5/c28-26(31-29)20-9-10-24-22(15-20)21-3-1-2-4-23(21)32(24)16-18-5-7-19(8-6-18)27(35)30-11-12-36-13-14-37-17-25(33)34/h1-10,15,28-29H,11-14,16-17H2,(H,30,35)(H,33,34). The van der Waals surface area contributed by atoms with E-state index in [-0.39, 0.29) is 31.6 Å². The smallest absolute Gasteiger partial charge is 0.329 e. The molecule has 4 N–H and O–H groups in total. The Kier molecular flexibility index (Phi) is 8.34. The SMILES string of the molecule is N=NC(=N)c1ccc2c(c1)c1ccccc1n2Cc1ccc(C(=O)NCCOCCOCC(=O)O)cc1. The average molecular weight is 502 g/mol. The van der Waals surface area contributed by atoms with Gasteiger partial charge in [0.1, 0.15) is 6.61 Å². The van der Waals surface area contributed by atoms with Crippen LogP contribution in [0.1, 0.15) is 21.5 Å². The van der Waals surface area contributed by atoms with Crippen LogP contribution in [-0.2, 0) is 20.8 Å². The molecule has 0 atom stereocenters. The molecule has 4 rings (SSSR count). The predicted octanol–water partition coefficient (Wildman–Crippen LogP) is 4.05. The van der Waals surface area contributed by atoms with Gasteiger partial charge in [0, 0.05) is 46.0 Å². The number of carbonyl (C=O) groups is 2. The van der Waals surface area contributed by atoms with E-state index < -0.39 is 5.97 Å². The lowest BCUT2D eigenvalue weighted by atomic mass is 10.1. The molecule has 0 saturated carbocycles. The van der Waals surface area contributed by atoms with Gasteiger partial charge in [0.2, 0.25) is 0 Å². The molecule has 0 fully saturated rings. The largest absolute Gasteiger partial charge is 0.480 e. The third-order valence-corrected chi connectivity index (χ3v) is 5.84. The van der Waals surface area contributed by atoms with E-state index in [2.05, 4.69) is 21.1 Å². The Balaban J connectivity index is 1.39. The van der Waals surface area contributed by atoms with Gasteiger partial charge in [-0.25, -0.2) is 10.3 Å². The number of nitrogens with zero attached hydrogens (tertiary/aromatic N) is 2. The first kappa shape index (κ1) is 25.7. The van der Waals surface area contributed by atoms with Crippen LogP contribution in [0.4, 0.5) is 0 Å². The third kappa shape index (κ3) is 6.24. The predicted molar refractivity (Wildman–Crippen MR) is 139 cm³/mol. The summed E-state index contributed by atoms with van der Waals surface area (Å²) in [6.07, 6.45) is 0. The summed E-state index contributed by atoms with van der Waals surface area (Å²) in [7, 11) is 0. The number of ether oxygens (including phenoxy) is 2. The van der Waals surface area contributed by atoms with E-state index in [1.165, 1.54) is 0 Å².